The Bertz CT molecular complexity index is 668. The number of carbonyl (C=O) groups is 2. The molecule has 0 bridgehead atoms. The molecule has 2 saturated heterocycles. The number of methoxy groups -OCH3 is 1. The Labute approximate surface area is 161 Å². The maximum Gasteiger partial charge on any atom is 0.321 e. The van der Waals surface area contributed by atoms with Crippen LogP contribution < -0.4 is 5.32 Å². The van der Waals surface area contributed by atoms with Gasteiger partial charge >= 0.3 is 6.03 Å². The van der Waals surface area contributed by atoms with E-state index in [2.05, 4.69) is 18.3 Å². The molecule has 0 aliphatic carbocycles. The second-order valence-electron chi connectivity index (χ2n) is 7.78. The van der Waals surface area contributed by atoms with Gasteiger partial charge in [-0.05, 0) is 48.8 Å². The van der Waals surface area contributed by atoms with Crippen LogP contribution in [-0.4, -0.2) is 61.6 Å². The van der Waals surface area contributed by atoms with Gasteiger partial charge < -0.3 is 19.9 Å². The molecule has 2 fully saturated rings. The summed E-state index contributed by atoms with van der Waals surface area (Å²) in [5.41, 5.74) is 2.22. The van der Waals surface area contributed by atoms with Crippen LogP contribution in [0.5, 0.6) is 0 Å². The largest absolute Gasteiger partial charge is 0.383 e. The summed E-state index contributed by atoms with van der Waals surface area (Å²) in [7, 11) is 1.66. The molecule has 6 nitrogen and oxygen atoms in total. The van der Waals surface area contributed by atoms with Crippen LogP contribution in [0.25, 0.3) is 0 Å². The van der Waals surface area contributed by atoms with Gasteiger partial charge in [-0.15, -0.1) is 0 Å². The zero-order valence-corrected chi connectivity index (χ0v) is 16.5. The van der Waals surface area contributed by atoms with Crippen molar-refractivity contribution in [2.24, 2.45) is 5.41 Å². The van der Waals surface area contributed by atoms with Crippen LogP contribution in [0.3, 0.4) is 0 Å². The van der Waals surface area contributed by atoms with Crippen molar-refractivity contribution in [3.8, 4) is 0 Å². The zero-order valence-electron chi connectivity index (χ0n) is 16.5. The van der Waals surface area contributed by atoms with Crippen molar-refractivity contribution in [2.75, 3.05) is 45.2 Å². The quantitative estimate of drug-likeness (QED) is 0.862. The Morgan fingerprint density at radius 3 is 2.74 bits per heavy atom. The van der Waals surface area contributed by atoms with Gasteiger partial charge in [0.15, 0.2) is 0 Å². The van der Waals surface area contributed by atoms with Crippen LogP contribution in [-0.2, 0) is 16.0 Å². The Morgan fingerprint density at radius 2 is 2.04 bits per heavy atom. The van der Waals surface area contributed by atoms with Crippen LogP contribution in [0.1, 0.15) is 38.2 Å². The monoisotopic (exact) mass is 373 g/mol. The SMILES string of the molecule is CCc1cccc(NC(=O)N2CCC3(CCC(=O)N(CCOC)C3)CC2)c1. The third-order valence-corrected chi connectivity index (χ3v) is 6.01. The first kappa shape index (κ1) is 19.7. The van der Waals surface area contributed by atoms with Crippen molar-refractivity contribution in [3.05, 3.63) is 29.8 Å². The molecule has 3 rings (SSSR count). The molecule has 0 atom stereocenters. The first-order valence-electron chi connectivity index (χ1n) is 9.97. The summed E-state index contributed by atoms with van der Waals surface area (Å²) >= 11 is 0. The van der Waals surface area contributed by atoms with Gasteiger partial charge in [-0.3, -0.25) is 4.79 Å². The number of likely N-dealkylation sites (tertiary alicyclic amines) is 2. The minimum atomic E-state index is -0.0266. The standard InChI is InChI=1S/C21H31N3O3/c1-3-17-5-4-6-18(15-17)22-20(26)23-11-9-21(10-12-23)8-7-19(25)24(16-21)13-14-27-2/h4-6,15H,3,7-14,16H2,1-2H3,(H,22,26). The van der Waals surface area contributed by atoms with E-state index in [1.54, 1.807) is 7.11 Å². The highest BCUT2D eigenvalue weighted by molar-refractivity contribution is 5.89. The summed E-state index contributed by atoms with van der Waals surface area (Å²) in [5.74, 6) is 0.230. The molecule has 148 valence electrons. The Morgan fingerprint density at radius 1 is 1.26 bits per heavy atom. The fourth-order valence-corrected chi connectivity index (χ4v) is 4.17. The summed E-state index contributed by atoms with van der Waals surface area (Å²) in [6.07, 6.45) is 4.40. The van der Waals surface area contributed by atoms with Crippen molar-refractivity contribution in [1.82, 2.24) is 9.80 Å². The van der Waals surface area contributed by atoms with Gasteiger partial charge in [0.1, 0.15) is 0 Å². The van der Waals surface area contributed by atoms with Crippen molar-refractivity contribution in [1.29, 1.82) is 0 Å². The second kappa shape index (κ2) is 8.74. The van der Waals surface area contributed by atoms with Crippen LogP contribution in [0.15, 0.2) is 24.3 Å². The van der Waals surface area contributed by atoms with E-state index in [0.717, 1.165) is 51.0 Å². The topological polar surface area (TPSA) is 61.9 Å². The number of urea groups is 1. The molecule has 1 spiro atoms. The zero-order chi connectivity index (χ0) is 19.3. The molecule has 1 aromatic carbocycles. The molecule has 2 aliphatic rings. The molecular formula is C21H31N3O3. The first-order chi connectivity index (χ1) is 13.0. The number of amides is 3. The van der Waals surface area contributed by atoms with Gasteiger partial charge in [0.25, 0.3) is 0 Å². The van der Waals surface area contributed by atoms with Gasteiger partial charge in [0.2, 0.25) is 5.91 Å². The lowest BCUT2D eigenvalue weighted by atomic mass is 9.72. The van der Waals surface area contributed by atoms with Gasteiger partial charge in [-0.2, -0.15) is 0 Å². The Kier molecular flexibility index (Phi) is 6.37. The predicted molar refractivity (Wildman–Crippen MR) is 106 cm³/mol. The molecule has 1 N–H and O–H groups in total. The average Bonchev–Trinajstić information content (AvgIpc) is 2.69. The number of hydrogen-bond acceptors (Lipinski definition) is 3. The molecule has 1 aromatic rings. The first-order valence-corrected chi connectivity index (χ1v) is 9.97. The summed E-state index contributed by atoms with van der Waals surface area (Å²) in [4.78, 5) is 28.6. The van der Waals surface area contributed by atoms with Gasteiger partial charge in [0, 0.05) is 45.4 Å². The summed E-state index contributed by atoms with van der Waals surface area (Å²) < 4.78 is 5.14. The number of piperidine rings is 2. The van der Waals surface area contributed by atoms with Crippen molar-refractivity contribution in [3.63, 3.8) is 0 Å². The minimum Gasteiger partial charge on any atom is -0.383 e. The fourth-order valence-electron chi connectivity index (χ4n) is 4.17. The fraction of sp³-hybridized carbons (Fsp3) is 0.619. The molecule has 0 saturated carbocycles. The molecule has 0 radical (unpaired) electrons. The number of benzene rings is 1. The number of hydrogen-bond donors (Lipinski definition) is 1. The van der Waals surface area contributed by atoms with E-state index in [0.29, 0.717) is 19.6 Å². The van der Waals surface area contributed by atoms with Crippen LogP contribution >= 0.6 is 0 Å². The van der Waals surface area contributed by atoms with Crippen molar-refractivity contribution in [2.45, 2.75) is 39.0 Å². The maximum atomic E-state index is 12.6. The number of ether oxygens (including phenoxy) is 1. The molecular weight excluding hydrogens is 342 g/mol. The molecule has 27 heavy (non-hydrogen) atoms. The van der Waals surface area contributed by atoms with Gasteiger partial charge in [-0.25, -0.2) is 4.79 Å². The third-order valence-electron chi connectivity index (χ3n) is 6.01. The smallest absolute Gasteiger partial charge is 0.321 e. The van der Waals surface area contributed by atoms with E-state index in [1.807, 2.05) is 28.0 Å². The van der Waals surface area contributed by atoms with Gasteiger partial charge in [0.05, 0.1) is 6.61 Å². The van der Waals surface area contributed by atoms with E-state index in [1.165, 1.54) is 5.56 Å². The van der Waals surface area contributed by atoms with E-state index < -0.39 is 0 Å². The molecule has 0 unspecified atom stereocenters. The van der Waals surface area contributed by atoms with E-state index >= 15 is 0 Å². The third kappa shape index (κ3) is 4.80. The number of aryl methyl sites for hydroxylation is 1. The Hall–Kier alpha value is -2.08. The van der Waals surface area contributed by atoms with E-state index in [-0.39, 0.29) is 17.4 Å². The normalized spacial score (nSPS) is 19.4. The van der Waals surface area contributed by atoms with Crippen LogP contribution in [0.4, 0.5) is 10.5 Å². The van der Waals surface area contributed by atoms with E-state index in [4.69, 9.17) is 4.74 Å². The lowest BCUT2D eigenvalue weighted by Crippen LogP contribution is -2.53. The average molecular weight is 373 g/mol. The Balaban J connectivity index is 1.54. The number of carbonyl (C=O) groups excluding carboxylic acids is 2. The predicted octanol–water partition coefficient (Wildman–Crippen LogP) is 3.13. The number of nitrogens with one attached hydrogen (secondary N) is 1. The molecule has 6 heteroatoms. The molecule has 2 aliphatic heterocycles. The lowest BCUT2D eigenvalue weighted by molar-refractivity contribution is -0.139. The number of rotatable bonds is 5. The van der Waals surface area contributed by atoms with Gasteiger partial charge in [-0.1, -0.05) is 19.1 Å². The molecule has 2 heterocycles. The summed E-state index contributed by atoms with van der Waals surface area (Å²) in [5, 5.41) is 3.03. The lowest BCUT2D eigenvalue weighted by Gasteiger charge is -2.47. The minimum absolute atomic E-state index is 0.0266. The van der Waals surface area contributed by atoms with Crippen LogP contribution in [0, 0.1) is 5.41 Å². The summed E-state index contributed by atoms with van der Waals surface area (Å²) in [6, 6.07) is 7.99. The molecule has 0 aromatic heterocycles. The number of nitrogens with zero attached hydrogens (tertiary/aromatic N) is 2. The maximum absolute atomic E-state index is 12.6. The second-order valence-corrected chi connectivity index (χ2v) is 7.78. The highest BCUT2D eigenvalue weighted by Crippen LogP contribution is 2.40. The highest BCUT2D eigenvalue weighted by Gasteiger charge is 2.41. The van der Waals surface area contributed by atoms with E-state index in [9.17, 15) is 9.59 Å². The van der Waals surface area contributed by atoms with Crippen molar-refractivity contribution >= 4 is 17.6 Å². The molecule has 3 amide bonds. The van der Waals surface area contributed by atoms with Crippen molar-refractivity contribution < 1.29 is 14.3 Å². The number of anilines is 1. The summed E-state index contributed by atoms with van der Waals surface area (Å²) in [6.45, 7) is 5.62. The van der Waals surface area contributed by atoms with Crippen LogP contribution in [0.2, 0.25) is 0 Å². The highest BCUT2D eigenvalue weighted by atomic mass is 16.5.